The van der Waals surface area contributed by atoms with Gasteiger partial charge in [0, 0.05) is 5.56 Å². The number of esters is 1. The summed E-state index contributed by atoms with van der Waals surface area (Å²) in [6, 6.07) is 7.64. The molecular weight excluding hydrogens is 284 g/mol. The van der Waals surface area contributed by atoms with Gasteiger partial charge < -0.3 is 18.9 Å². The zero-order valence-corrected chi connectivity index (χ0v) is 13.3. The van der Waals surface area contributed by atoms with E-state index in [2.05, 4.69) is 0 Å². The van der Waals surface area contributed by atoms with Crippen molar-refractivity contribution in [1.29, 1.82) is 0 Å². The highest BCUT2D eigenvalue weighted by Crippen LogP contribution is 2.31. The molecule has 5 heteroatoms. The fourth-order valence-electron chi connectivity index (χ4n) is 2.26. The van der Waals surface area contributed by atoms with E-state index in [0.29, 0.717) is 26.4 Å². The lowest BCUT2D eigenvalue weighted by molar-refractivity contribution is -0.149. The molecule has 0 bridgehead atoms. The van der Waals surface area contributed by atoms with Gasteiger partial charge in [-0.25, -0.2) is 4.79 Å². The first-order valence-electron chi connectivity index (χ1n) is 7.49. The van der Waals surface area contributed by atoms with Crippen molar-refractivity contribution in [3.05, 3.63) is 41.2 Å². The monoisotopic (exact) mass is 306 g/mol. The molecule has 1 aromatic carbocycles. The lowest BCUT2D eigenvalue weighted by atomic mass is 10.0. The maximum Gasteiger partial charge on any atom is 0.373 e. The smallest absolute Gasteiger partial charge is 0.373 e. The predicted octanol–water partition coefficient (Wildman–Crippen LogP) is 2.85. The molecule has 1 aromatic rings. The molecule has 120 valence electrons. The minimum absolute atomic E-state index is 0.194. The molecule has 0 aliphatic carbocycles. The molecule has 0 radical (unpaired) electrons. The fraction of sp³-hybridized carbons (Fsp3) is 0.471. The molecule has 1 aliphatic rings. The van der Waals surface area contributed by atoms with Crippen LogP contribution in [0.25, 0.3) is 6.08 Å². The first-order chi connectivity index (χ1) is 10.6. The van der Waals surface area contributed by atoms with Crippen molar-refractivity contribution in [2.75, 3.05) is 26.4 Å². The first kappa shape index (κ1) is 16.5. The Balaban J connectivity index is 2.27. The van der Waals surface area contributed by atoms with Gasteiger partial charge in [-0.1, -0.05) is 18.2 Å². The summed E-state index contributed by atoms with van der Waals surface area (Å²) in [5, 5.41) is 0. The number of hydrogen-bond donors (Lipinski definition) is 0. The lowest BCUT2D eigenvalue weighted by Crippen LogP contribution is -2.22. The van der Waals surface area contributed by atoms with E-state index in [1.807, 2.05) is 38.1 Å². The molecule has 1 aliphatic heterocycles. The van der Waals surface area contributed by atoms with E-state index in [9.17, 15) is 4.79 Å². The second kappa shape index (κ2) is 7.42. The Morgan fingerprint density at radius 1 is 1.23 bits per heavy atom. The van der Waals surface area contributed by atoms with Crippen molar-refractivity contribution in [2.45, 2.75) is 26.6 Å². The van der Waals surface area contributed by atoms with Crippen LogP contribution in [0, 0.1) is 0 Å². The SMILES string of the molecule is CCOC(=O)/C(=C/c1cccc(C2(C)OCCO2)c1)OCC. The minimum Gasteiger partial charge on any atom is -0.487 e. The van der Waals surface area contributed by atoms with Gasteiger partial charge >= 0.3 is 5.97 Å². The molecule has 1 heterocycles. The van der Waals surface area contributed by atoms with Crippen LogP contribution < -0.4 is 0 Å². The van der Waals surface area contributed by atoms with Gasteiger partial charge in [-0.3, -0.25) is 0 Å². The van der Waals surface area contributed by atoms with Crippen LogP contribution in [0.3, 0.4) is 0 Å². The summed E-state index contributed by atoms with van der Waals surface area (Å²) in [5.74, 6) is -1.01. The van der Waals surface area contributed by atoms with Crippen LogP contribution in [-0.2, 0) is 29.5 Å². The van der Waals surface area contributed by atoms with Crippen molar-refractivity contribution < 1.29 is 23.7 Å². The number of hydrogen-bond acceptors (Lipinski definition) is 5. The Hall–Kier alpha value is -1.85. The average molecular weight is 306 g/mol. The molecule has 0 N–H and O–H groups in total. The van der Waals surface area contributed by atoms with Crippen LogP contribution in [0.4, 0.5) is 0 Å². The zero-order valence-electron chi connectivity index (χ0n) is 13.3. The molecule has 0 aromatic heterocycles. The van der Waals surface area contributed by atoms with Gasteiger partial charge in [-0.15, -0.1) is 0 Å². The van der Waals surface area contributed by atoms with Crippen molar-refractivity contribution in [1.82, 2.24) is 0 Å². The summed E-state index contributed by atoms with van der Waals surface area (Å²) < 4.78 is 21.7. The Labute approximate surface area is 130 Å². The van der Waals surface area contributed by atoms with Crippen LogP contribution in [-0.4, -0.2) is 32.4 Å². The van der Waals surface area contributed by atoms with Gasteiger partial charge in [-0.05, 0) is 38.5 Å². The molecule has 1 saturated heterocycles. The fourth-order valence-corrected chi connectivity index (χ4v) is 2.26. The van der Waals surface area contributed by atoms with Crippen molar-refractivity contribution in [3.63, 3.8) is 0 Å². The van der Waals surface area contributed by atoms with E-state index >= 15 is 0 Å². The summed E-state index contributed by atoms with van der Waals surface area (Å²) in [4.78, 5) is 11.9. The summed E-state index contributed by atoms with van der Waals surface area (Å²) >= 11 is 0. The highest BCUT2D eigenvalue weighted by atomic mass is 16.7. The second-order valence-corrected chi connectivity index (χ2v) is 4.93. The molecule has 22 heavy (non-hydrogen) atoms. The predicted molar refractivity (Wildman–Crippen MR) is 81.9 cm³/mol. The van der Waals surface area contributed by atoms with Gasteiger partial charge in [0.1, 0.15) is 0 Å². The first-order valence-corrected chi connectivity index (χ1v) is 7.49. The molecule has 0 amide bonds. The van der Waals surface area contributed by atoms with Gasteiger partial charge in [-0.2, -0.15) is 0 Å². The Kier molecular flexibility index (Phi) is 5.57. The van der Waals surface area contributed by atoms with Crippen LogP contribution in [0.15, 0.2) is 30.0 Å². The van der Waals surface area contributed by atoms with E-state index < -0.39 is 11.8 Å². The molecule has 0 saturated carbocycles. The molecule has 2 rings (SSSR count). The largest absolute Gasteiger partial charge is 0.487 e. The number of rotatable bonds is 6. The normalized spacial score (nSPS) is 17.3. The summed E-state index contributed by atoms with van der Waals surface area (Å²) in [7, 11) is 0. The van der Waals surface area contributed by atoms with Crippen LogP contribution >= 0.6 is 0 Å². The van der Waals surface area contributed by atoms with Crippen LogP contribution in [0.1, 0.15) is 31.9 Å². The summed E-state index contributed by atoms with van der Waals surface area (Å²) in [6.45, 7) is 7.32. The van der Waals surface area contributed by atoms with E-state index in [1.54, 1.807) is 13.0 Å². The molecule has 0 unspecified atom stereocenters. The third-order valence-electron chi connectivity index (χ3n) is 3.32. The molecule has 5 nitrogen and oxygen atoms in total. The standard InChI is InChI=1S/C17H22O5/c1-4-19-15(16(18)20-5-2)12-13-7-6-8-14(11-13)17(3)21-9-10-22-17/h6-8,11-12H,4-5,9-10H2,1-3H3/b15-12-. The van der Waals surface area contributed by atoms with Gasteiger partial charge in [0.15, 0.2) is 5.79 Å². The maximum absolute atomic E-state index is 11.9. The molecule has 1 fully saturated rings. The number of ether oxygens (including phenoxy) is 4. The van der Waals surface area contributed by atoms with Crippen molar-refractivity contribution in [3.8, 4) is 0 Å². The average Bonchev–Trinajstić information content (AvgIpc) is 2.96. The molecular formula is C17H22O5. The Morgan fingerprint density at radius 2 is 1.91 bits per heavy atom. The number of carbonyl (C=O) groups is 1. The maximum atomic E-state index is 11.9. The second-order valence-electron chi connectivity index (χ2n) is 4.93. The zero-order chi connectivity index (χ0) is 16.0. The highest BCUT2D eigenvalue weighted by molar-refractivity contribution is 5.91. The molecule has 0 spiro atoms. The Bertz CT molecular complexity index is 544. The number of carbonyl (C=O) groups excluding carboxylic acids is 1. The van der Waals surface area contributed by atoms with Gasteiger partial charge in [0.2, 0.25) is 5.76 Å². The van der Waals surface area contributed by atoms with E-state index in [4.69, 9.17) is 18.9 Å². The summed E-state index contributed by atoms with van der Waals surface area (Å²) in [6.07, 6.45) is 1.67. The number of benzene rings is 1. The van der Waals surface area contributed by atoms with Gasteiger partial charge in [0.25, 0.3) is 0 Å². The topological polar surface area (TPSA) is 54.0 Å². The van der Waals surface area contributed by atoms with Crippen molar-refractivity contribution in [2.24, 2.45) is 0 Å². The van der Waals surface area contributed by atoms with Crippen LogP contribution in [0.5, 0.6) is 0 Å². The van der Waals surface area contributed by atoms with E-state index in [0.717, 1.165) is 11.1 Å². The third kappa shape index (κ3) is 3.87. The third-order valence-corrected chi connectivity index (χ3v) is 3.32. The summed E-state index contributed by atoms with van der Waals surface area (Å²) in [5.41, 5.74) is 1.73. The lowest BCUT2D eigenvalue weighted by Gasteiger charge is -2.23. The highest BCUT2D eigenvalue weighted by Gasteiger charge is 2.33. The Morgan fingerprint density at radius 3 is 2.55 bits per heavy atom. The van der Waals surface area contributed by atoms with Gasteiger partial charge in [0.05, 0.1) is 26.4 Å². The van der Waals surface area contributed by atoms with E-state index in [1.165, 1.54) is 0 Å². The van der Waals surface area contributed by atoms with Crippen LogP contribution in [0.2, 0.25) is 0 Å². The van der Waals surface area contributed by atoms with Crippen molar-refractivity contribution >= 4 is 12.0 Å². The quantitative estimate of drug-likeness (QED) is 0.459. The minimum atomic E-state index is -0.737. The molecule has 0 atom stereocenters. The van der Waals surface area contributed by atoms with E-state index in [-0.39, 0.29) is 5.76 Å².